The van der Waals surface area contributed by atoms with Crippen LogP contribution < -0.4 is 4.90 Å². The zero-order valence-corrected chi connectivity index (χ0v) is 27.6. The van der Waals surface area contributed by atoms with Crippen LogP contribution in [0.4, 0.5) is 11.4 Å². The predicted octanol–water partition coefficient (Wildman–Crippen LogP) is 8.74. The molecule has 10 heteroatoms. The van der Waals surface area contributed by atoms with Gasteiger partial charge in [-0.1, -0.05) is 120 Å². The molecule has 0 unspecified atom stereocenters. The third-order valence-corrected chi connectivity index (χ3v) is 10.9. The molecule has 4 atom stereocenters. The lowest BCUT2D eigenvalue weighted by Crippen LogP contribution is -2.45. The molecule has 2 fully saturated rings. The zero-order chi connectivity index (χ0) is 34.2. The number of carbonyl (C=O) groups is 3. The molecular formula is C39H23Cl3N2O5. The van der Waals surface area contributed by atoms with Crippen LogP contribution in [0, 0.1) is 22.0 Å². The van der Waals surface area contributed by atoms with Crippen LogP contribution >= 0.6 is 34.8 Å². The molecule has 7 nitrogen and oxygen atoms in total. The lowest BCUT2D eigenvalue weighted by Gasteiger charge is -2.39. The van der Waals surface area contributed by atoms with Gasteiger partial charge in [-0.15, -0.1) is 0 Å². The summed E-state index contributed by atoms with van der Waals surface area (Å²) >= 11 is 19.4. The van der Waals surface area contributed by atoms with Gasteiger partial charge in [0, 0.05) is 22.2 Å². The molecule has 1 aliphatic heterocycles. The molecule has 2 aliphatic carbocycles. The van der Waals surface area contributed by atoms with Crippen LogP contribution in [0.5, 0.6) is 0 Å². The topological polar surface area (TPSA) is 97.6 Å². The van der Waals surface area contributed by atoms with Crippen LogP contribution in [-0.4, -0.2) is 22.5 Å². The number of ketones is 1. The highest BCUT2D eigenvalue weighted by Gasteiger charge is 2.82. The first-order valence-corrected chi connectivity index (χ1v) is 16.5. The third-order valence-electron chi connectivity index (χ3n) is 10.1. The third kappa shape index (κ3) is 4.13. The Morgan fingerprint density at radius 3 is 1.43 bits per heavy atom. The molecule has 0 N–H and O–H groups in total. The molecule has 1 saturated heterocycles. The molecule has 1 heterocycles. The maximum atomic E-state index is 16.0. The van der Waals surface area contributed by atoms with E-state index in [2.05, 4.69) is 0 Å². The Bertz CT molecular complexity index is 2130. The number of allylic oxidation sites excluding steroid dienone is 2. The maximum absolute atomic E-state index is 16.0. The minimum Gasteiger partial charge on any atom is -0.297 e. The Balaban J connectivity index is 1.55. The number of nitrogens with zero attached hydrogens (tertiary/aromatic N) is 2. The molecule has 3 aliphatic rings. The van der Waals surface area contributed by atoms with E-state index in [0.717, 1.165) is 11.0 Å². The van der Waals surface area contributed by atoms with Crippen LogP contribution in [0.25, 0.3) is 11.1 Å². The summed E-state index contributed by atoms with van der Waals surface area (Å²) in [5.41, 5.74) is -0.261. The average Bonchev–Trinajstić information content (AvgIpc) is 3.61. The fraction of sp³-hybridized carbons (Fsp3) is 0.103. The largest absolute Gasteiger partial charge is 0.297 e. The van der Waals surface area contributed by atoms with E-state index in [1.807, 2.05) is 60.7 Å². The molecule has 0 radical (unpaired) electrons. The normalized spacial score (nSPS) is 24.1. The highest BCUT2D eigenvalue weighted by Crippen LogP contribution is 2.74. The number of hydrogen-bond donors (Lipinski definition) is 0. The van der Waals surface area contributed by atoms with Crippen molar-refractivity contribution in [3.05, 3.63) is 175 Å². The van der Waals surface area contributed by atoms with Crippen molar-refractivity contribution in [2.75, 3.05) is 4.90 Å². The smallest absolute Gasteiger partial charge is 0.271 e. The molecule has 8 rings (SSSR count). The Kier molecular flexibility index (Phi) is 7.16. The zero-order valence-electron chi connectivity index (χ0n) is 25.3. The van der Waals surface area contributed by atoms with E-state index in [1.54, 1.807) is 48.5 Å². The summed E-state index contributed by atoms with van der Waals surface area (Å²) in [5.74, 6) is -4.19. The quantitative estimate of drug-likeness (QED) is 0.100. The van der Waals surface area contributed by atoms with E-state index >= 15 is 14.4 Å². The number of imide groups is 1. The molecular weight excluding hydrogens is 683 g/mol. The number of hydrogen-bond acceptors (Lipinski definition) is 5. The minimum atomic E-state index is -1.68. The Hall–Kier alpha value is -5.08. The van der Waals surface area contributed by atoms with Crippen LogP contribution in [0.1, 0.15) is 22.3 Å². The number of rotatable bonds is 6. The number of fused-ring (bicyclic) bond motifs is 5. The summed E-state index contributed by atoms with van der Waals surface area (Å²) in [7, 11) is 0. The number of nitro groups is 1. The van der Waals surface area contributed by atoms with Crippen molar-refractivity contribution in [2.24, 2.45) is 11.8 Å². The standard InChI is InChI=1S/C39H23Cl3N2O5/c40-26-15-11-24(12-16-26)38-31(22-7-3-1-4-8-22)32(23-9-5-2-6-10-23)39(37(38)47,25-13-17-27(41)18-14-25)34-33(38)35(45)43(36(34)46)30-21-28(44(48)49)19-20-29(30)42/h1-21,33-34H/t33-,34+,38-,39-/m0/s1. The first-order valence-electron chi connectivity index (χ1n) is 15.4. The summed E-state index contributed by atoms with van der Waals surface area (Å²) in [6.07, 6.45) is 0. The predicted molar refractivity (Wildman–Crippen MR) is 189 cm³/mol. The Morgan fingerprint density at radius 1 is 0.592 bits per heavy atom. The van der Waals surface area contributed by atoms with E-state index in [-0.39, 0.29) is 22.2 Å². The second kappa shape index (κ2) is 11.2. The second-order valence-corrected chi connectivity index (χ2v) is 13.6. The van der Waals surface area contributed by atoms with Gasteiger partial charge in [-0.05, 0) is 63.7 Å². The summed E-state index contributed by atoms with van der Waals surface area (Å²) in [5, 5.41) is 12.7. The van der Waals surface area contributed by atoms with Crippen molar-refractivity contribution in [3.8, 4) is 0 Å². The number of carbonyl (C=O) groups excluding carboxylic acids is 3. The molecule has 2 amide bonds. The lowest BCUT2D eigenvalue weighted by molar-refractivity contribution is -0.384. The van der Waals surface area contributed by atoms with Crippen molar-refractivity contribution in [3.63, 3.8) is 0 Å². The molecule has 49 heavy (non-hydrogen) atoms. The monoisotopic (exact) mass is 704 g/mol. The first kappa shape index (κ1) is 31.2. The van der Waals surface area contributed by atoms with Crippen molar-refractivity contribution in [1.82, 2.24) is 0 Å². The molecule has 5 aromatic carbocycles. The molecule has 0 aromatic heterocycles. The van der Waals surface area contributed by atoms with Crippen LogP contribution in [0.3, 0.4) is 0 Å². The highest BCUT2D eigenvalue weighted by atomic mass is 35.5. The van der Waals surface area contributed by atoms with Gasteiger partial charge in [-0.25, -0.2) is 4.90 Å². The first-order chi connectivity index (χ1) is 23.6. The van der Waals surface area contributed by atoms with Gasteiger partial charge in [0.1, 0.15) is 0 Å². The fourth-order valence-corrected chi connectivity index (χ4v) is 8.83. The molecule has 5 aromatic rings. The Morgan fingerprint density at radius 2 is 1.02 bits per heavy atom. The number of nitro benzene ring substituents is 1. The van der Waals surface area contributed by atoms with Crippen molar-refractivity contribution < 1.29 is 19.3 Å². The van der Waals surface area contributed by atoms with Gasteiger partial charge in [0.05, 0.1) is 38.3 Å². The van der Waals surface area contributed by atoms with E-state index in [9.17, 15) is 10.1 Å². The average molecular weight is 706 g/mol. The number of Topliss-reactive ketones (excluding diaryl/α,β-unsaturated/α-hetero) is 1. The van der Waals surface area contributed by atoms with Gasteiger partial charge >= 0.3 is 0 Å². The molecule has 240 valence electrons. The van der Waals surface area contributed by atoms with Gasteiger partial charge in [0.2, 0.25) is 11.8 Å². The fourth-order valence-electron chi connectivity index (χ4n) is 8.38. The number of anilines is 1. The number of amides is 2. The maximum Gasteiger partial charge on any atom is 0.271 e. The SMILES string of the molecule is O=C1[C@@H]2[C@H](C(=O)N1c1cc([N+](=O)[O-])ccc1Cl)[C@@]1(c3ccc(Cl)cc3)C(=O)[C@@]2(c2ccc(Cl)cc2)C(c2ccccc2)=C1c1ccccc1. The van der Waals surface area contributed by atoms with Crippen molar-refractivity contribution in [2.45, 2.75) is 10.8 Å². The highest BCUT2D eigenvalue weighted by molar-refractivity contribution is 6.41. The minimum absolute atomic E-state index is 0.0217. The van der Waals surface area contributed by atoms with Crippen molar-refractivity contribution in [1.29, 1.82) is 0 Å². The van der Waals surface area contributed by atoms with Gasteiger partial charge < -0.3 is 0 Å². The van der Waals surface area contributed by atoms with E-state index in [0.29, 0.717) is 43.4 Å². The van der Waals surface area contributed by atoms with Crippen molar-refractivity contribution >= 4 is 74.9 Å². The van der Waals surface area contributed by atoms with Gasteiger partial charge in [0.25, 0.3) is 5.69 Å². The van der Waals surface area contributed by atoms with Crippen LogP contribution in [0.2, 0.25) is 15.1 Å². The molecule has 1 saturated carbocycles. The van der Waals surface area contributed by atoms with Crippen LogP contribution in [-0.2, 0) is 25.2 Å². The summed E-state index contributed by atoms with van der Waals surface area (Å²) in [6.45, 7) is 0. The van der Waals surface area contributed by atoms with E-state index in [1.165, 1.54) is 12.1 Å². The molecule has 0 spiro atoms. The van der Waals surface area contributed by atoms with Gasteiger partial charge in [-0.3, -0.25) is 24.5 Å². The van der Waals surface area contributed by atoms with Gasteiger partial charge in [0.15, 0.2) is 5.78 Å². The second-order valence-electron chi connectivity index (χ2n) is 12.3. The molecule has 2 bridgehead atoms. The Labute approximate surface area is 295 Å². The van der Waals surface area contributed by atoms with E-state index in [4.69, 9.17) is 34.8 Å². The number of benzene rings is 5. The lowest BCUT2D eigenvalue weighted by atomic mass is 9.59. The summed E-state index contributed by atoms with van der Waals surface area (Å²) in [6, 6.07) is 35.9. The van der Waals surface area contributed by atoms with Crippen LogP contribution in [0.15, 0.2) is 127 Å². The number of non-ortho nitro benzene ring substituents is 1. The van der Waals surface area contributed by atoms with E-state index < -0.39 is 39.4 Å². The van der Waals surface area contributed by atoms with Gasteiger partial charge in [-0.2, -0.15) is 0 Å². The summed E-state index contributed by atoms with van der Waals surface area (Å²) < 4.78 is 0. The summed E-state index contributed by atoms with van der Waals surface area (Å²) in [4.78, 5) is 58.3. The number of halogens is 3.